The van der Waals surface area contributed by atoms with E-state index in [1.165, 1.54) is 12.1 Å². The predicted molar refractivity (Wildman–Crippen MR) is 69.6 cm³/mol. The molecule has 0 bridgehead atoms. The number of hydrogen-bond acceptors (Lipinski definition) is 4. The number of amidine groups is 1. The molecular formula is C13H18FN3O. The fourth-order valence-electron chi connectivity index (χ4n) is 2.56. The average Bonchev–Trinajstić information content (AvgIpc) is 2.17. The Labute approximate surface area is 106 Å². The molecule has 0 fully saturated rings. The highest BCUT2D eigenvalue weighted by Crippen LogP contribution is 2.40. The summed E-state index contributed by atoms with van der Waals surface area (Å²) in [5.74, 6) is -0.332. The van der Waals surface area contributed by atoms with Crippen molar-refractivity contribution in [1.82, 2.24) is 0 Å². The quantitative estimate of drug-likeness (QED) is 0.751. The molecule has 0 saturated heterocycles. The number of nitrogen functional groups attached to an aromatic ring is 1. The molecule has 0 unspecified atom stereocenters. The number of rotatable bonds is 1. The fraction of sp³-hybridized carbons (Fsp3) is 0.462. The van der Waals surface area contributed by atoms with Crippen molar-refractivity contribution in [3.8, 4) is 0 Å². The summed E-state index contributed by atoms with van der Waals surface area (Å²) in [6, 6.07) is 4.56. The van der Waals surface area contributed by atoms with Gasteiger partial charge in [0.1, 0.15) is 11.4 Å². The molecule has 1 aromatic carbocycles. The van der Waals surface area contributed by atoms with Crippen molar-refractivity contribution >= 4 is 11.7 Å². The largest absolute Gasteiger partial charge is 0.459 e. The van der Waals surface area contributed by atoms with Crippen molar-refractivity contribution in [1.29, 1.82) is 0 Å². The minimum absolute atomic E-state index is 0.0792. The lowest BCUT2D eigenvalue weighted by atomic mass is 9.81. The molecule has 0 saturated carbocycles. The van der Waals surface area contributed by atoms with E-state index in [0.717, 1.165) is 0 Å². The Balaban J connectivity index is 2.54. The third-order valence-corrected chi connectivity index (χ3v) is 3.08. The first-order valence-electron chi connectivity index (χ1n) is 5.82. The Morgan fingerprint density at radius 2 is 1.94 bits per heavy atom. The molecule has 2 rings (SSSR count). The Morgan fingerprint density at radius 3 is 2.56 bits per heavy atom. The predicted octanol–water partition coefficient (Wildman–Crippen LogP) is 2.14. The van der Waals surface area contributed by atoms with Gasteiger partial charge in [-0.15, -0.1) is 0 Å². The van der Waals surface area contributed by atoms with Gasteiger partial charge >= 0.3 is 0 Å². The number of aliphatic imine (C=N–C) groups is 1. The van der Waals surface area contributed by atoms with Crippen LogP contribution in [0.5, 0.6) is 0 Å². The monoisotopic (exact) mass is 251 g/mol. The van der Waals surface area contributed by atoms with E-state index in [0.29, 0.717) is 17.7 Å². The zero-order chi connectivity index (χ0) is 13.6. The van der Waals surface area contributed by atoms with Gasteiger partial charge in [-0.2, -0.15) is 0 Å². The standard InChI is InChI=1S/C13H18FN3O/c1-12(2)7-13(3,17-11(16)18-12)9-6-8(15)4-5-10(9)14/h4-6H,7,15H2,1-3H3,(H2,16,17)/t13-/m0/s1. The summed E-state index contributed by atoms with van der Waals surface area (Å²) in [7, 11) is 0. The third-order valence-electron chi connectivity index (χ3n) is 3.08. The SMILES string of the molecule is CC1(C)C[C@@](C)(c2cc(N)ccc2F)N=C(N)O1. The molecule has 1 atom stereocenters. The van der Waals surface area contributed by atoms with Crippen molar-refractivity contribution < 1.29 is 9.13 Å². The molecule has 4 N–H and O–H groups in total. The molecule has 0 amide bonds. The van der Waals surface area contributed by atoms with Crippen LogP contribution in [0.25, 0.3) is 0 Å². The van der Waals surface area contributed by atoms with E-state index >= 15 is 0 Å². The summed E-state index contributed by atoms with van der Waals surface area (Å²) in [6.45, 7) is 5.63. The van der Waals surface area contributed by atoms with Crippen LogP contribution >= 0.6 is 0 Å². The average molecular weight is 251 g/mol. The number of benzene rings is 1. The molecule has 98 valence electrons. The van der Waals surface area contributed by atoms with E-state index in [-0.39, 0.29) is 11.8 Å². The summed E-state index contributed by atoms with van der Waals surface area (Å²) < 4.78 is 19.4. The fourth-order valence-corrected chi connectivity index (χ4v) is 2.56. The minimum Gasteiger partial charge on any atom is -0.459 e. The van der Waals surface area contributed by atoms with Crippen LogP contribution in [0.4, 0.5) is 10.1 Å². The smallest absolute Gasteiger partial charge is 0.283 e. The Kier molecular flexibility index (Phi) is 2.72. The molecule has 4 nitrogen and oxygen atoms in total. The Bertz CT molecular complexity index is 513. The van der Waals surface area contributed by atoms with Gasteiger partial charge in [0.25, 0.3) is 6.02 Å². The van der Waals surface area contributed by atoms with Crippen molar-refractivity contribution in [2.75, 3.05) is 5.73 Å². The zero-order valence-corrected chi connectivity index (χ0v) is 10.8. The summed E-state index contributed by atoms with van der Waals surface area (Å²) in [5.41, 5.74) is 11.1. The van der Waals surface area contributed by atoms with Crippen molar-refractivity contribution in [3.63, 3.8) is 0 Å². The van der Waals surface area contributed by atoms with Gasteiger partial charge in [-0.25, -0.2) is 9.38 Å². The zero-order valence-electron chi connectivity index (χ0n) is 10.8. The number of ether oxygens (including phenoxy) is 1. The van der Waals surface area contributed by atoms with Crippen LogP contribution in [0.2, 0.25) is 0 Å². The van der Waals surface area contributed by atoms with Crippen LogP contribution in [-0.4, -0.2) is 11.6 Å². The van der Waals surface area contributed by atoms with Gasteiger partial charge in [-0.3, -0.25) is 0 Å². The number of hydrogen-bond donors (Lipinski definition) is 2. The highest BCUT2D eigenvalue weighted by molar-refractivity contribution is 5.73. The van der Waals surface area contributed by atoms with Crippen LogP contribution in [0, 0.1) is 5.82 Å². The second kappa shape index (κ2) is 3.86. The summed E-state index contributed by atoms with van der Waals surface area (Å²) >= 11 is 0. The molecule has 1 aliphatic rings. The minimum atomic E-state index is -0.759. The Morgan fingerprint density at radius 1 is 1.28 bits per heavy atom. The lowest BCUT2D eigenvalue weighted by Gasteiger charge is -2.39. The molecule has 1 heterocycles. The first kappa shape index (κ1) is 12.7. The van der Waals surface area contributed by atoms with E-state index in [1.807, 2.05) is 20.8 Å². The van der Waals surface area contributed by atoms with Crippen molar-refractivity contribution in [2.45, 2.75) is 38.3 Å². The van der Waals surface area contributed by atoms with E-state index in [1.54, 1.807) is 6.07 Å². The molecule has 0 radical (unpaired) electrons. The molecule has 1 aliphatic heterocycles. The van der Waals surface area contributed by atoms with E-state index < -0.39 is 11.1 Å². The van der Waals surface area contributed by atoms with Gasteiger partial charge in [0.2, 0.25) is 0 Å². The maximum atomic E-state index is 14.0. The second-order valence-electron chi connectivity index (χ2n) is 5.50. The van der Waals surface area contributed by atoms with Gasteiger partial charge in [-0.05, 0) is 39.0 Å². The molecular weight excluding hydrogens is 233 g/mol. The molecule has 0 spiro atoms. The molecule has 5 heteroatoms. The third kappa shape index (κ3) is 2.25. The van der Waals surface area contributed by atoms with Gasteiger partial charge in [-0.1, -0.05) is 0 Å². The van der Waals surface area contributed by atoms with Crippen LogP contribution in [0.15, 0.2) is 23.2 Å². The maximum Gasteiger partial charge on any atom is 0.283 e. The van der Waals surface area contributed by atoms with Gasteiger partial charge in [0.15, 0.2) is 0 Å². The van der Waals surface area contributed by atoms with Crippen LogP contribution in [0.1, 0.15) is 32.8 Å². The highest BCUT2D eigenvalue weighted by atomic mass is 19.1. The van der Waals surface area contributed by atoms with E-state index in [4.69, 9.17) is 16.2 Å². The lowest BCUT2D eigenvalue weighted by Crippen LogP contribution is -2.44. The van der Waals surface area contributed by atoms with Crippen LogP contribution in [-0.2, 0) is 10.3 Å². The lowest BCUT2D eigenvalue weighted by molar-refractivity contribution is 0.0382. The van der Waals surface area contributed by atoms with Gasteiger partial charge in [0, 0.05) is 17.7 Å². The maximum absolute atomic E-state index is 14.0. The summed E-state index contributed by atoms with van der Waals surface area (Å²) in [6.07, 6.45) is 0.529. The second-order valence-corrected chi connectivity index (χ2v) is 5.50. The molecule has 1 aromatic rings. The number of nitrogens with two attached hydrogens (primary N) is 2. The van der Waals surface area contributed by atoms with Crippen molar-refractivity contribution in [2.24, 2.45) is 10.7 Å². The Hall–Kier alpha value is -1.78. The number of halogens is 1. The van der Waals surface area contributed by atoms with Crippen LogP contribution in [0.3, 0.4) is 0 Å². The highest BCUT2D eigenvalue weighted by Gasteiger charge is 2.41. The first-order valence-corrected chi connectivity index (χ1v) is 5.82. The van der Waals surface area contributed by atoms with Crippen LogP contribution < -0.4 is 11.5 Å². The molecule has 0 aliphatic carbocycles. The topological polar surface area (TPSA) is 73.6 Å². The summed E-state index contributed by atoms with van der Waals surface area (Å²) in [5, 5.41) is 0. The molecule has 0 aromatic heterocycles. The summed E-state index contributed by atoms with van der Waals surface area (Å²) in [4.78, 5) is 4.26. The number of anilines is 1. The van der Waals surface area contributed by atoms with Crippen molar-refractivity contribution in [3.05, 3.63) is 29.6 Å². The molecule has 18 heavy (non-hydrogen) atoms. The van der Waals surface area contributed by atoms with E-state index in [9.17, 15) is 4.39 Å². The number of nitrogens with zero attached hydrogens (tertiary/aromatic N) is 1. The first-order chi connectivity index (χ1) is 8.22. The van der Waals surface area contributed by atoms with Gasteiger partial charge < -0.3 is 16.2 Å². The normalized spacial score (nSPS) is 26.3. The van der Waals surface area contributed by atoms with Gasteiger partial charge in [0.05, 0.1) is 5.54 Å². The van der Waals surface area contributed by atoms with E-state index in [2.05, 4.69) is 4.99 Å².